The van der Waals surface area contributed by atoms with Crippen LogP contribution in [-0.2, 0) is 4.79 Å². The largest absolute Gasteiger partial charge is 0.386 e. The molecule has 0 aliphatic heterocycles. The van der Waals surface area contributed by atoms with E-state index in [1.54, 1.807) is 0 Å². The second kappa shape index (κ2) is 5.60. The lowest BCUT2D eigenvalue weighted by molar-refractivity contribution is -0.118. The fraction of sp³-hybridized carbons (Fsp3) is 0.625. The van der Waals surface area contributed by atoms with Crippen LogP contribution >= 0.6 is 0 Å². The summed E-state index contributed by atoms with van der Waals surface area (Å²) < 4.78 is 0. The summed E-state index contributed by atoms with van der Waals surface area (Å²) in [5.41, 5.74) is 10.8. The molecule has 0 heterocycles. The van der Waals surface area contributed by atoms with Crippen LogP contribution in [0, 0.1) is 0 Å². The molecule has 0 amide bonds. The molecule has 5 N–H and O–H groups in total. The predicted octanol–water partition coefficient (Wildman–Crippen LogP) is -0.298. The van der Waals surface area contributed by atoms with Crippen molar-refractivity contribution in [2.24, 2.45) is 11.5 Å². The summed E-state index contributed by atoms with van der Waals surface area (Å²) in [4.78, 5) is 10.7. The van der Waals surface area contributed by atoms with Crippen molar-refractivity contribution in [1.29, 1.82) is 0 Å². The average Bonchev–Trinajstić information content (AvgIpc) is 1.97. The topological polar surface area (TPSA) is 81.1 Å². The number of carbonyl (C=O) groups is 1. The Bertz CT molecular complexity index is 168. The summed E-state index contributed by atoms with van der Waals surface area (Å²) in [6.45, 7) is 5.69. The lowest BCUT2D eigenvalue weighted by atomic mass is 10.1. The van der Waals surface area contributed by atoms with Crippen LogP contribution in [0.1, 0.15) is 19.8 Å². The van der Waals surface area contributed by atoms with E-state index in [1.165, 1.54) is 6.92 Å². The lowest BCUT2D eigenvalue weighted by Gasteiger charge is -2.08. The highest BCUT2D eigenvalue weighted by atomic mass is 16.1. The molecule has 0 fully saturated rings. The molecule has 70 valence electrons. The Balaban J connectivity index is 3.31. The summed E-state index contributed by atoms with van der Waals surface area (Å²) >= 11 is 0. The van der Waals surface area contributed by atoms with Crippen molar-refractivity contribution in [3.05, 3.63) is 12.4 Å². The van der Waals surface area contributed by atoms with E-state index in [1.807, 2.05) is 0 Å². The van der Waals surface area contributed by atoms with Crippen molar-refractivity contribution in [2.75, 3.05) is 6.54 Å². The van der Waals surface area contributed by atoms with Gasteiger partial charge in [0, 0.05) is 6.54 Å². The minimum absolute atomic E-state index is 0.0292. The van der Waals surface area contributed by atoms with Gasteiger partial charge in [-0.05, 0) is 19.8 Å². The summed E-state index contributed by atoms with van der Waals surface area (Å²) in [5, 5.41) is 2.86. The molecule has 0 saturated carbocycles. The van der Waals surface area contributed by atoms with E-state index in [-0.39, 0.29) is 11.8 Å². The van der Waals surface area contributed by atoms with Crippen LogP contribution < -0.4 is 16.8 Å². The van der Waals surface area contributed by atoms with Crippen LogP contribution in [0.3, 0.4) is 0 Å². The van der Waals surface area contributed by atoms with Crippen LogP contribution in [0.25, 0.3) is 0 Å². The quantitative estimate of drug-likeness (QED) is 0.479. The van der Waals surface area contributed by atoms with Crippen LogP contribution in [0.5, 0.6) is 0 Å². The Hall–Kier alpha value is -1.03. The molecule has 0 aliphatic rings. The third kappa shape index (κ3) is 5.73. The molecule has 0 aromatic heterocycles. The van der Waals surface area contributed by atoms with Crippen LogP contribution in [0.2, 0.25) is 0 Å². The Labute approximate surface area is 73.0 Å². The van der Waals surface area contributed by atoms with Crippen molar-refractivity contribution in [3.8, 4) is 0 Å². The van der Waals surface area contributed by atoms with Crippen molar-refractivity contribution in [3.63, 3.8) is 0 Å². The minimum atomic E-state index is -0.335. The van der Waals surface area contributed by atoms with Gasteiger partial charge in [0.25, 0.3) is 0 Å². The summed E-state index contributed by atoms with van der Waals surface area (Å²) in [6.07, 6.45) is 1.52. The standard InChI is InChI=1S/C8H17N3O/c1-6(12)8(10)4-3-5-11-7(2)9/h8,11H,2-5,9-10H2,1H3/t8-/m1/s1. The van der Waals surface area contributed by atoms with E-state index in [0.717, 1.165) is 13.0 Å². The summed E-state index contributed by atoms with van der Waals surface area (Å²) in [5.74, 6) is 0.480. The lowest BCUT2D eigenvalue weighted by Crippen LogP contribution is -2.29. The van der Waals surface area contributed by atoms with Gasteiger partial charge in [-0.15, -0.1) is 0 Å². The monoisotopic (exact) mass is 171 g/mol. The van der Waals surface area contributed by atoms with Crippen LogP contribution in [0.4, 0.5) is 0 Å². The average molecular weight is 171 g/mol. The van der Waals surface area contributed by atoms with Gasteiger partial charge in [0.05, 0.1) is 11.9 Å². The van der Waals surface area contributed by atoms with Crippen molar-refractivity contribution >= 4 is 5.78 Å². The number of hydrogen-bond acceptors (Lipinski definition) is 4. The Morgan fingerprint density at radius 3 is 2.67 bits per heavy atom. The number of ketones is 1. The molecule has 0 aromatic carbocycles. The molecule has 0 saturated heterocycles. The first-order chi connectivity index (χ1) is 5.54. The number of nitrogens with one attached hydrogen (secondary N) is 1. The zero-order valence-electron chi connectivity index (χ0n) is 7.47. The van der Waals surface area contributed by atoms with Gasteiger partial charge in [0.15, 0.2) is 0 Å². The van der Waals surface area contributed by atoms with E-state index in [0.29, 0.717) is 12.2 Å². The smallest absolute Gasteiger partial charge is 0.146 e. The third-order valence-corrected chi connectivity index (χ3v) is 1.57. The maximum absolute atomic E-state index is 10.7. The molecule has 0 bridgehead atoms. The van der Waals surface area contributed by atoms with Crippen molar-refractivity contribution in [1.82, 2.24) is 5.32 Å². The molecule has 12 heavy (non-hydrogen) atoms. The highest BCUT2D eigenvalue weighted by Gasteiger charge is 2.06. The molecule has 0 spiro atoms. The van der Waals surface area contributed by atoms with Gasteiger partial charge < -0.3 is 16.8 Å². The fourth-order valence-corrected chi connectivity index (χ4v) is 0.774. The van der Waals surface area contributed by atoms with E-state index in [9.17, 15) is 4.79 Å². The first-order valence-electron chi connectivity index (χ1n) is 3.98. The number of Topliss-reactive ketones (excluding diaryl/α,β-unsaturated/α-hetero) is 1. The Morgan fingerprint density at radius 2 is 2.25 bits per heavy atom. The summed E-state index contributed by atoms with van der Waals surface area (Å²) in [6, 6.07) is -0.335. The Kier molecular flexibility index (Phi) is 5.12. The number of rotatable bonds is 6. The van der Waals surface area contributed by atoms with Crippen LogP contribution in [0.15, 0.2) is 12.4 Å². The SMILES string of the molecule is C=C(N)NCCC[C@@H](N)C(C)=O. The van der Waals surface area contributed by atoms with Gasteiger partial charge in [0.2, 0.25) is 0 Å². The molecule has 0 aliphatic carbocycles. The van der Waals surface area contributed by atoms with Gasteiger partial charge >= 0.3 is 0 Å². The second-order valence-corrected chi connectivity index (χ2v) is 2.81. The first kappa shape index (κ1) is 11.0. The molecule has 1 atom stereocenters. The minimum Gasteiger partial charge on any atom is -0.386 e. The molecule has 4 heteroatoms. The highest BCUT2D eigenvalue weighted by molar-refractivity contribution is 5.80. The Morgan fingerprint density at radius 1 is 1.67 bits per heavy atom. The third-order valence-electron chi connectivity index (χ3n) is 1.57. The van der Waals surface area contributed by atoms with E-state index < -0.39 is 0 Å². The van der Waals surface area contributed by atoms with Crippen LogP contribution in [-0.4, -0.2) is 18.4 Å². The molecular weight excluding hydrogens is 154 g/mol. The zero-order valence-corrected chi connectivity index (χ0v) is 7.47. The number of nitrogens with two attached hydrogens (primary N) is 2. The molecule has 4 nitrogen and oxygen atoms in total. The van der Waals surface area contributed by atoms with E-state index in [4.69, 9.17) is 11.5 Å². The first-order valence-corrected chi connectivity index (χ1v) is 3.98. The normalized spacial score (nSPS) is 12.2. The van der Waals surface area contributed by atoms with E-state index >= 15 is 0 Å². The molecule has 0 radical (unpaired) electrons. The summed E-state index contributed by atoms with van der Waals surface area (Å²) in [7, 11) is 0. The van der Waals surface area contributed by atoms with Crippen molar-refractivity contribution in [2.45, 2.75) is 25.8 Å². The van der Waals surface area contributed by atoms with Gasteiger partial charge in [-0.1, -0.05) is 6.58 Å². The maximum Gasteiger partial charge on any atom is 0.146 e. The maximum atomic E-state index is 10.7. The van der Waals surface area contributed by atoms with Crippen molar-refractivity contribution < 1.29 is 4.79 Å². The zero-order chi connectivity index (χ0) is 9.56. The second-order valence-electron chi connectivity index (χ2n) is 2.81. The van der Waals surface area contributed by atoms with Gasteiger partial charge in [-0.3, -0.25) is 4.79 Å². The number of hydrogen-bond donors (Lipinski definition) is 3. The predicted molar refractivity (Wildman–Crippen MR) is 49.2 cm³/mol. The van der Waals surface area contributed by atoms with Gasteiger partial charge in [-0.25, -0.2) is 0 Å². The molecular formula is C8H17N3O. The van der Waals surface area contributed by atoms with Gasteiger partial charge in [0.1, 0.15) is 5.78 Å². The highest BCUT2D eigenvalue weighted by Crippen LogP contribution is 1.94. The van der Waals surface area contributed by atoms with Gasteiger partial charge in [-0.2, -0.15) is 0 Å². The van der Waals surface area contributed by atoms with E-state index in [2.05, 4.69) is 11.9 Å². The molecule has 0 rings (SSSR count). The fourth-order valence-electron chi connectivity index (χ4n) is 0.774. The molecule has 0 aromatic rings. The number of carbonyl (C=O) groups excluding carboxylic acids is 1. The molecule has 0 unspecified atom stereocenters.